The Kier molecular flexibility index (Phi) is 9.21. The number of hydrogen-bond donors (Lipinski definition) is 2. The molecule has 0 radical (unpaired) electrons. The van der Waals surface area contributed by atoms with Gasteiger partial charge in [0.25, 0.3) is 0 Å². The molecule has 7 nitrogen and oxygen atoms in total. The van der Waals surface area contributed by atoms with Gasteiger partial charge in [-0.05, 0) is 38.3 Å². The van der Waals surface area contributed by atoms with Crippen molar-refractivity contribution in [2.75, 3.05) is 0 Å². The van der Waals surface area contributed by atoms with Crippen LogP contribution in [0.15, 0.2) is 60.7 Å². The third kappa shape index (κ3) is 9.91. The van der Waals surface area contributed by atoms with Gasteiger partial charge in [-0.15, -0.1) is 0 Å². The molecule has 0 spiro atoms. The zero-order chi connectivity index (χ0) is 22.7. The van der Waals surface area contributed by atoms with Crippen LogP contribution < -0.4 is 10.8 Å². The van der Waals surface area contributed by atoms with E-state index in [1.54, 1.807) is 20.8 Å². The van der Waals surface area contributed by atoms with Crippen LogP contribution in [0.4, 0.5) is 0 Å². The van der Waals surface area contributed by atoms with E-state index in [9.17, 15) is 14.4 Å². The molecule has 0 aliphatic rings. The summed E-state index contributed by atoms with van der Waals surface area (Å²) in [5.41, 5.74) is 3.55. The highest BCUT2D eigenvalue weighted by atomic mass is 16.7. The maximum atomic E-state index is 12.6. The van der Waals surface area contributed by atoms with Crippen LogP contribution in [0.5, 0.6) is 0 Å². The van der Waals surface area contributed by atoms with Crippen LogP contribution >= 0.6 is 0 Å². The smallest absolute Gasteiger partial charge is 0.329 e. The number of ether oxygens (including phenoxy) is 1. The number of rotatable bonds is 10. The Labute approximate surface area is 183 Å². The summed E-state index contributed by atoms with van der Waals surface area (Å²) in [6.07, 6.45) is 0.422. The minimum Gasteiger partial charge on any atom is -0.459 e. The number of esters is 1. The molecule has 2 aromatic rings. The molecule has 2 rings (SSSR count). The summed E-state index contributed by atoms with van der Waals surface area (Å²) in [6, 6.07) is 17.6. The van der Waals surface area contributed by atoms with E-state index in [-0.39, 0.29) is 25.4 Å². The fourth-order valence-corrected chi connectivity index (χ4v) is 2.63. The normalized spacial score (nSPS) is 12.0. The fourth-order valence-electron chi connectivity index (χ4n) is 2.63. The lowest BCUT2D eigenvalue weighted by Crippen LogP contribution is -2.46. The van der Waals surface area contributed by atoms with Gasteiger partial charge in [0.1, 0.15) is 12.6 Å². The van der Waals surface area contributed by atoms with E-state index in [1.165, 1.54) is 0 Å². The molecule has 0 aliphatic carbocycles. The number of benzene rings is 2. The third-order valence-corrected chi connectivity index (χ3v) is 4.19. The number of hydrogen-bond acceptors (Lipinski definition) is 5. The van der Waals surface area contributed by atoms with E-state index in [0.29, 0.717) is 6.42 Å². The second kappa shape index (κ2) is 11.9. The van der Waals surface area contributed by atoms with Gasteiger partial charge in [0, 0.05) is 6.42 Å². The Balaban J connectivity index is 1.95. The molecular formula is C24H30N2O5. The average molecular weight is 427 g/mol. The molecule has 166 valence electrons. The largest absolute Gasteiger partial charge is 0.459 e. The molecule has 0 aliphatic heterocycles. The third-order valence-electron chi connectivity index (χ3n) is 4.19. The van der Waals surface area contributed by atoms with Gasteiger partial charge in [-0.1, -0.05) is 60.7 Å². The maximum absolute atomic E-state index is 12.6. The summed E-state index contributed by atoms with van der Waals surface area (Å²) in [7, 11) is 0. The second-order valence-electron chi connectivity index (χ2n) is 8.14. The summed E-state index contributed by atoms with van der Waals surface area (Å²) >= 11 is 0. The average Bonchev–Trinajstić information content (AvgIpc) is 2.75. The lowest BCUT2D eigenvalue weighted by atomic mass is 10.1. The molecule has 0 fully saturated rings. The molecule has 1 unspecified atom stereocenters. The maximum Gasteiger partial charge on any atom is 0.329 e. The summed E-state index contributed by atoms with van der Waals surface area (Å²) in [5.74, 6) is -1.54. The van der Waals surface area contributed by atoms with Crippen molar-refractivity contribution < 1.29 is 24.0 Å². The molecule has 0 saturated heterocycles. The molecule has 0 heterocycles. The van der Waals surface area contributed by atoms with Crippen LogP contribution in [0.2, 0.25) is 0 Å². The Morgan fingerprint density at radius 3 is 2.03 bits per heavy atom. The van der Waals surface area contributed by atoms with Crippen molar-refractivity contribution in [1.29, 1.82) is 0 Å². The minimum absolute atomic E-state index is 0.0518. The number of amides is 2. The van der Waals surface area contributed by atoms with Crippen LogP contribution in [0, 0.1) is 0 Å². The predicted molar refractivity (Wildman–Crippen MR) is 117 cm³/mol. The Hall–Kier alpha value is -3.19. The van der Waals surface area contributed by atoms with Gasteiger partial charge in [0.2, 0.25) is 11.8 Å². The zero-order valence-corrected chi connectivity index (χ0v) is 18.2. The van der Waals surface area contributed by atoms with Gasteiger partial charge in [0.05, 0.1) is 12.0 Å². The predicted octanol–water partition coefficient (Wildman–Crippen LogP) is 3.08. The lowest BCUT2D eigenvalue weighted by Gasteiger charge is -2.21. The lowest BCUT2D eigenvalue weighted by molar-refractivity contribution is -0.154. The topological polar surface area (TPSA) is 93.7 Å². The van der Waals surface area contributed by atoms with Gasteiger partial charge in [0.15, 0.2) is 0 Å². The molecule has 2 N–H and O–H groups in total. The molecule has 7 heteroatoms. The summed E-state index contributed by atoms with van der Waals surface area (Å²) in [4.78, 5) is 42.5. The van der Waals surface area contributed by atoms with Crippen molar-refractivity contribution in [3.05, 3.63) is 71.8 Å². The zero-order valence-electron chi connectivity index (χ0n) is 18.2. The van der Waals surface area contributed by atoms with Crippen LogP contribution in [-0.4, -0.2) is 29.4 Å². The summed E-state index contributed by atoms with van der Waals surface area (Å²) in [5, 5.41) is 2.62. The van der Waals surface area contributed by atoms with Crippen molar-refractivity contribution >= 4 is 17.8 Å². The van der Waals surface area contributed by atoms with Crippen molar-refractivity contribution in [2.24, 2.45) is 0 Å². The van der Waals surface area contributed by atoms with Crippen molar-refractivity contribution in [2.45, 2.75) is 58.3 Å². The highest BCUT2D eigenvalue weighted by Crippen LogP contribution is 2.08. The molecule has 0 saturated carbocycles. The summed E-state index contributed by atoms with van der Waals surface area (Å²) < 4.78 is 5.33. The second-order valence-corrected chi connectivity index (χ2v) is 8.14. The fraction of sp³-hybridized carbons (Fsp3) is 0.375. The molecule has 31 heavy (non-hydrogen) atoms. The van der Waals surface area contributed by atoms with Gasteiger partial charge in [-0.25, -0.2) is 10.3 Å². The molecule has 0 bridgehead atoms. The number of nitrogens with one attached hydrogen (secondary N) is 2. The molecule has 0 aromatic heterocycles. The Bertz CT molecular complexity index is 847. The van der Waals surface area contributed by atoms with Crippen molar-refractivity contribution in [3.8, 4) is 0 Å². The first-order valence-corrected chi connectivity index (χ1v) is 10.2. The SMILES string of the molecule is CC(C)(C)ONC(=O)CC(NC(=O)CCc1ccccc1)C(=O)OCc1ccccc1. The standard InChI is InChI=1S/C24H30N2O5/c1-24(2,3)31-26-22(28)16-20(23(29)30-17-19-12-8-5-9-13-19)25-21(27)15-14-18-10-6-4-7-11-18/h4-13,20H,14-17H2,1-3H3,(H,25,27)(H,26,28). The Morgan fingerprint density at radius 1 is 0.871 bits per heavy atom. The minimum atomic E-state index is -1.12. The van der Waals surface area contributed by atoms with Gasteiger partial charge in [-0.2, -0.15) is 0 Å². The first-order valence-electron chi connectivity index (χ1n) is 10.2. The Morgan fingerprint density at radius 2 is 1.45 bits per heavy atom. The monoisotopic (exact) mass is 426 g/mol. The van der Waals surface area contributed by atoms with E-state index in [2.05, 4.69) is 10.8 Å². The summed E-state index contributed by atoms with van der Waals surface area (Å²) in [6.45, 7) is 5.40. The van der Waals surface area contributed by atoms with Crippen LogP contribution in [0.1, 0.15) is 44.7 Å². The molecule has 2 aromatic carbocycles. The number of hydroxylamine groups is 1. The highest BCUT2D eigenvalue weighted by molar-refractivity contribution is 5.89. The number of carbonyl (C=O) groups is 3. The first kappa shape index (κ1) is 24.1. The van der Waals surface area contributed by atoms with E-state index >= 15 is 0 Å². The van der Waals surface area contributed by atoms with E-state index in [0.717, 1.165) is 11.1 Å². The molecule has 1 atom stereocenters. The van der Waals surface area contributed by atoms with E-state index in [1.807, 2.05) is 60.7 Å². The van der Waals surface area contributed by atoms with Gasteiger partial charge >= 0.3 is 5.97 Å². The van der Waals surface area contributed by atoms with Crippen LogP contribution in [0.3, 0.4) is 0 Å². The number of aryl methyl sites for hydroxylation is 1. The number of carbonyl (C=O) groups excluding carboxylic acids is 3. The van der Waals surface area contributed by atoms with Crippen molar-refractivity contribution in [3.63, 3.8) is 0 Å². The van der Waals surface area contributed by atoms with Gasteiger partial charge in [-0.3, -0.25) is 14.4 Å². The first-order chi connectivity index (χ1) is 14.7. The quantitative estimate of drug-likeness (QED) is 0.450. The molecular weight excluding hydrogens is 396 g/mol. The molecule has 2 amide bonds. The van der Waals surface area contributed by atoms with Crippen LogP contribution in [-0.2, 0) is 37.0 Å². The van der Waals surface area contributed by atoms with Crippen LogP contribution in [0.25, 0.3) is 0 Å². The van der Waals surface area contributed by atoms with Gasteiger partial charge < -0.3 is 10.1 Å². The van der Waals surface area contributed by atoms with E-state index in [4.69, 9.17) is 9.57 Å². The van der Waals surface area contributed by atoms with E-state index < -0.39 is 23.5 Å². The highest BCUT2D eigenvalue weighted by Gasteiger charge is 2.26. The van der Waals surface area contributed by atoms with Crippen molar-refractivity contribution in [1.82, 2.24) is 10.8 Å².